The Morgan fingerprint density at radius 3 is 2.83 bits per heavy atom. The third-order valence-electron chi connectivity index (χ3n) is 3.77. The van der Waals surface area contributed by atoms with Crippen LogP contribution in [0, 0.1) is 5.92 Å². The number of nitrogens with two attached hydrogens (primary N) is 1. The fourth-order valence-corrected chi connectivity index (χ4v) is 2.64. The number of hydrogen-bond donors (Lipinski definition) is 1. The molecule has 100 valence electrons. The van der Waals surface area contributed by atoms with Crippen molar-refractivity contribution in [3.63, 3.8) is 0 Å². The molecule has 1 aliphatic rings. The maximum Gasteiger partial charge on any atom is 0.257 e. The monoisotopic (exact) mass is 250 g/mol. The first-order valence-electron chi connectivity index (χ1n) is 6.82. The van der Waals surface area contributed by atoms with Crippen LogP contribution in [0.4, 0.5) is 0 Å². The van der Waals surface area contributed by atoms with E-state index in [1.54, 1.807) is 12.3 Å². The zero-order valence-corrected chi connectivity index (χ0v) is 11.0. The average Bonchev–Trinajstić information content (AvgIpc) is 2.87. The molecule has 2 rings (SSSR count). The second kappa shape index (κ2) is 6.05. The number of carbonyl (C=O) groups is 1. The summed E-state index contributed by atoms with van der Waals surface area (Å²) in [6.07, 6.45) is 5.59. The van der Waals surface area contributed by atoms with Gasteiger partial charge in [-0.2, -0.15) is 0 Å². The summed E-state index contributed by atoms with van der Waals surface area (Å²) in [5.41, 5.74) is 6.31. The summed E-state index contributed by atoms with van der Waals surface area (Å²) in [5, 5.41) is 0. The van der Waals surface area contributed by atoms with E-state index in [9.17, 15) is 4.79 Å². The van der Waals surface area contributed by atoms with Gasteiger partial charge in [0.25, 0.3) is 5.91 Å². The molecule has 1 amide bonds. The van der Waals surface area contributed by atoms with Crippen LogP contribution in [0.15, 0.2) is 16.7 Å². The molecule has 1 saturated heterocycles. The van der Waals surface area contributed by atoms with Crippen LogP contribution in [0.5, 0.6) is 0 Å². The molecule has 1 aromatic rings. The van der Waals surface area contributed by atoms with Gasteiger partial charge in [0, 0.05) is 19.5 Å². The van der Waals surface area contributed by atoms with E-state index in [1.165, 1.54) is 0 Å². The quantitative estimate of drug-likeness (QED) is 0.889. The Kier molecular flexibility index (Phi) is 4.42. The molecule has 4 nitrogen and oxygen atoms in total. The molecule has 4 heteroatoms. The Morgan fingerprint density at radius 1 is 1.50 bits per heavy atom. The molecule has 18 heavy (non-hydrogen) atoms. The van der Waals surface area contributed by atoms with E-state index < -0.39 is 0 Å². The van der Waals surface area contributed by atoms with Gasteiger partial charge in [0.05, 0.1) is 11.8 Å². The van der Waals surface area contributed by atoms with Crippen LogP contribution in [-0.4, -0.2) is 30.4 Å². The number of amides is 1. The highest BCUT2D eigenvalue weighted by atomic mass is 16.3. The van der Waals surface area contributed by atoms with E-state index in [4.69, 9.17) is 10.2 Å². The summed E-state index contributed by atoms with van der Waals surface area (Å²) in [4.78, 5) is 14.3. The van der Waals surface area contributed by atoms with E-state index >= 15 is 0 Å². The van der Waals surface area contributed by atoms with Gasteiger partial charge in [-0.1, -0.05) is 6.92 Å². The largest absolute Gasteiger partial charge is 0.469 e. The molecule has 2 heterocycles. The zero-order chi connectivity index (χ0) is 13.0. The molecule has 0 aromatic carbocycles. The van der Waals surface area contributed by atoms with Crippen molar-refractivity contribution in [2.45, 2.75) is 32.6 Å². The first-order chi connectivity index (χ1) is 8.76. The third-order valence-corrected chi connectivity index (χ3v) is 3.77. The summed E-state index contributed by atoms with van der Waals surface area (Å²) >= 11 is 0. The van der Waals surface area contributed by atoms with Crippen LogP contribution in [-0.2, 0) is 6.42 Å². The van der Waals surface area contributed by atoms with Crippen molar-refractivity contribution in [3.05, 3.63) is 23.7 Å². The van der Waals surface area contributed by atoms with Gasteiger partial charge in [-0.15, -0.1) is 0 Å². The summed E-state index contributed by atoms with van der Waals surface area (Å²) in [7, 11) is 0. The van der Waals surface area contributed by atoms with Crippen LogP contribution in [0.25, 0.3) is 0 Å². The Bertz CT molecular complexity index is 392. The molecular weight excluding hydrogens is 228 g/mol. The second-order valence-corrected chi connectivity index (χ2v) is 4.92. The van der Waals surface area contributed by atoms with Crippen LogP contribution in [0.3, 0.4) is 0 Å². The van der Waals surface area contributed by atoms with Crippen LogP contribution >= 0.6 is 0 Å². The van der Waals surface area contributed by atoms with Gasteiger partial charge in [0.15, 0.2) is 0 Å². The maximum absolute atomic E-state index is 12.3. The molecule has 0 unspecified atom stereocenters. The van der Waals surface area contributed by atoms with Gasteiger partial charge in [0.2, 0.25) is 0 Å². The van der Waals surface area contributed by atoms with Crippen molar-refractivity contribution in [2.75, 3.05) is 19.6 Å². The molecular formula is C14H22N2O2. The van der Waals surface area contributed by atoms with E-state index in [0.717, 1.165) is 56.6 Å². The minimum atomic E-state index is 0.117. The second-order valence-electron chi connectivity index (χ2n) is 4.92. The van der Waals surface area contributed by atoms with Crippen molar-refractivity contribution in [1.29, 1.82) is 0 Å². The maximum atomic E-state index is 12.3. The number of carbonyl (C=O) groups excluding carboxylic acids is 1. The van der Waals surface area contributed by atoms with E-state index in [0.29, 0.717) is 5.92 Å². The van der Waals surface area contributed by atoms with Crippen LogP contribution in [0.1, 0.15) is 42.3 Å². The first kappa shape index (κ1) is 13.1. The minimum absolute atomic E-state index is 0.117. The molecule has 0 atom stereocenters. The highest BCUT2D eigenvalue weighted by Gasteiger charge is 2.25. The number of aryl methyl sites for hydroxylation is 1. The van der Waals surface area contributed by atoms with Gasteiger partial charge in [-0.25, -0.2) is 0 Å². The lowest BCUT2D eigenvalue weighted by atomic mass is 9.93. The Labute approximate surface area is 108 Å². The molecule has 0 bridgehead atoms. The molecule has 0 aliphatic carbocycles. The molecule has 1 aliphatic heterocycles. The SMILES string of the molecule is CCc1occc1C(=O)N1CCC(CCN)CC1. The van der Waals surface area contributed by atoms with Crippen molar-refractivity contribution in [3.8, 4) is 0 Å². The Morgan fingerprint density at radius 2 is 2.22 bits per heavy atom. The van der Waals surface area contributed by atoms with Gasteiger partial charge in [-0.3, -0.25) is 4.79 Å². The minimum Gasteiger partial charge on any atom is -0.469 e. The molecule has 2 N–H and O–H groups in total. The number of furan rings is 1. The van der Waals surface area contributed by atoms with Crippen molar-refractivity contribution in [1.82, 2.24) is 4.90 Å². The van der Waals surface area contributed by atoms with Gasteiger partial charge < -0.3 is 15.1 Å². The molecule has 1 fully saturated rings. The summed E-state index contributed by atoms with van der Waals surface area (Å²) in [6.45, 7) is 4.44. The molecule has 1 aromatic heterocycles. The Hall–Kier alpha value is -1.29. The van der Waals surface area contributed by atoms with Crippen molar-refractivity contribution in [2.24, 2.45) is 11.7 Å². The highest BCUT2D eigenvalue weighted by molar-refractivity contribution is 5.95. The Balaban J connectivity index is 1.95. The summed E-state index contributed by atoms with van der Waals surface area (Å²) in [6, 6.07) is 1.78. The summed E-state index contributed by atoms with van der Waals surface area (Å²) in [5.74, 6) is 1.60. The molecule has 0 spiro atoms. The normalized spacial score (nSPS) is 17.1. The first-order valence-corrected chi connectivity index (χ1v) is 6.82. The van der Waals surface area contributed by atoms with E-state index in [-0.39, 0.29) is 5.91 Å². The van der Waals surface area contributed by atoms with E-state index in [1.807, 2.05) is 11.8 Å². The predicted molar refractivity (Wildman–Crippen MR) is 70.4 cm³/mol. The smallest absolute Gasteiger partial charge is 0.257 e. The van der Waals surface area contributed by atoms with Gasteiger partial charge in [0.1, 0.15) is 5.76 Å². The number of likely N-dealkylation sites (tertiary alicyclic amines) is 1. The summed E-state index contributed by atoms with van der Waals surface area (Å²) < 4.78 is 5.32. The van der Waals surface area contributed by atoms with Crippen LogP contribution in [0.2, 0.25) is 0 Å². The number of nitrogens with zero attached hydrogens (tertiary/aromatic N) is 1. The number of hydrogen-bond acceptors (Lipinski definition) is 3. The zero-order valence-electron chi connectivity index (χ0n) is 11.0. The highest BCUT2D eigenvalue weighted by Crippen LogP contribution is 2.22. The van der Waals surface area contributed by atoms with Gasteiger partial charge in [-0.05, 0) is 37.8 Å². The fourth-order valence-electron chi connectivity index (χ4n) is 2.64. The topological polar surface area (TPSA) is 59.5 Å². The lowest BCUT2D eigenvalue weighted by molar-refractivity contribution is 0.0685. The van der Waals surface area contributed by atoms with E-state index in [2.05, 4.69) is 0 Å². The lowest BCUT2D eigenvalue weighted by Crippen LogP contribution is -2.39. The van der Waals surface area contributed by atoms with Crippen molar-refractivity contribution < 1.29 is 9.21 Å². The standard InChI is InChI=1S/C14H22N2O2/c1-2-13-12(6-10-18-13)14(17)16-8-4-11(3-7-15)5-9-16/h6,10-11H,2-5,7-9,15H2,1H3. The lowest BCUT2D eigenvalue weighted by Gasteiger charge is -2.31. The predicted octanol–water partition coefficient (Wildman–Crippen LogP) is 2.04. The molecule has 0 radical (unpaired) electrons. The van der Waals surface area contributed by atoms with Crippen molar-refractivity contribution >= 4 is 5.91 Å². The molecule has 0 saturated carbocycles. The number of rotatable bonds is 4. The van der Waals surface area contributed by atoms with Gasteiger partial charge >= 0.3 is 0 Å². The van der Waals surface area contributed by atoms with Crippen LogP contribution < -0.4 is 5.73 Å². The fraction of sp³-hybridized carbons (Fsp3) is 0.643. The third kappa shape index (κ3) is 2.75. The average molecular weight is 250 g/mol. The number of piperidine rings is 1.